The number of aromatic nitrogens is 2. The average Bonchev–Trinajstić information content (AvgIpc) is 2.81. The van der Waals surface area contributed by atoms with Crippen molar-refractivity contribution in [2.24, 2.45) is 5.92 Å². The molecule has 19 heavy (non-hydrogen) atoms. The molecule has 1 fully saturated rings. The third-order valence-corrected chi connectivity index (χ3v) is 5.17. The van der Waals surface area contributed by atoms with Gasteiger partial charge in [0.25, 0.3) is 0 Å². The highest BCUT2D eigenvalue weighted by atomic mass is 35.5. The molecule has 0 radical (unpaired) electrons. The van der Waals surface area contributed by atoms with Crippen LogP contribution in [0.4, 0.5) is 5.82 Å². The maximum absolute atomic E-state index is 6.08. The van der Waals surface area contributed by atoms with Crippen molar-refractivity contribution in [2.75, 3.05) is 18.0 Å². The topological polar surface area (TPSA) is 29.0 Å². The van der Waals surface area contributed by atoms with Crippen molar-refractivity contribution < 1.29 is 0 Å². The fraction of sp³-hybridized carbons (Fsp3) is 0.571. The number of fused-ring (bicyclic) bond motifs is 1. The molecule has 102 valence electrons. The lowest BCUT2D eigenvalue weighted by atomic mass is 9.99. The molecule has 0 aromatic carbocycles. The molecule has 1 aliphatic rings. The Morgan fingerprint density at radius 3 is 2.79 bits per heavy atom. The van der Waals surface area contributed by atoms with Crippen LogP contribution >= 0.6 is 22.9 Å². The number of hydrogen-bond acceptors (Lipinski definition) is 4. The zero-order valence-corrected chi connectivity index (χ0v) is 12.9. The van der Waals surface area contributed by atoms with Crippen LogP contribution < -0.4 is 4.90 Å². The van der Waals surface area contributed by atoms with Crippen LogP contribution in [-0.4, -0.2) is 23.1 Å². The molecule has 0 N–H and O–H groups in total. The van der Waals surface area contributed by atoms with E-state index in [1.54, 1.807) is 11.3 Å². The summed E-state index contributed by atoms with van der Waals surface area (Å²) in [5.41, 5.74) is 0. The van der Waals surface area contributed by atoms with Crippen LogP contribution in [0.25, 0.3) is 10.2 Å². The maximum Gasteiger partial charge on any atom is 0.225 e. The summed E-state index contributed by atoms with van der Waals surface area (Å²) < 4.78 is 0. The molecular weight excluding hydrogens is 278 g/mol. The number of halogens is 1. The minimum atomic E-state index is 0.366. The average molecular weight is 296 g/mol. The van der Waals surface area contributed by atoms with Gasteiger partial charge in [-0.3, -0.25) is 0 Å². The van der Waals surface area contributed by atoms with Gasteiger partial charge >= 0.3 is 0 Å². The van der Waals surface area contributed by atoms with Gasteiger partial charge in [0.2, 0.25) is 5.28 Å². The highest BCUT2D eigenvalue weighted by Gasteiger charge is 2.20. The molecule has 0 spiro atoms. The van der Waals surface area contributed by atoms with Gasteiger partial charge in [-0.2, -0.15) is 4.98 Å². The Morgan fingerprint density at radius 2 is 2.11 bits per heavy atom. The third kappa shape index (κ3) is 2.56. The first-order valence-corrected chi connectivity index (χ1v) is 8.07. The van der Waals surface area contributed by atoms with Gasteiger partial charge in [0.15, 0.2) is 0 Å². The van der Waals surface area contributed by atoms with E-state index in [0.717, 1.165) is 36.1 Å². The summed E-state index contributed by atoms with van der Waals surface area (Å²) in [6.45, 7) is 6.63. The number of piperidine rings is 1. The number of aryl methyl sites for hydroxylation is 1. The van der Waals surface area contributed by atoms with E-state index in [2.05, 4.69) is 34.8 Å². The van der Waals surface area contributed by atoms with Crippen molar-refractivity contribution in [3.05, 3.63) is 16.2 Å². The number of hydrogen-bond donors (Lipinski definition) is 0. The summed E-state index contributed by atoms with van der Waals surface area (Å²) in [6.07, 6.45) is 3.50. The predicted octanol–water partition coefficient (Wildman–Crippen LogP) is 4.14. The van der Waals surface area contributed by atoms with Crippen LogP contribution in [0.5, 0.6) is 0 Å². The van der Waals surface area contributed by atoms with E-state index in [1.807, 2.05) is 0 Å². The highest BCUT2D eigenvalue weighted by molar-refractivity contribution is 7.18. The van der Waals surface area contributed by atoms with Crippen LogP contribution in [0.2, 0.25) is 5.28 Å². The van der Waals surface area contributed by atoms with Crippen LogP contribution in [0.1, 0.15) is 31.6 Å². The molecule has 1 aliphatic heterocycles. The number of nitrogens with zero attached hydrogens (tertiary/aromatic N) is 3. The Hall–Kier alpha value is -0.870. The highest BCUT2D eigenvalue weighted by Crippen LogP contribution is 2.33. The van der Waals surface area contributed by atoms with Gasteiger partial charge in [0, 0.05) is 18.0 Å². The summed E-state index contributed by atoms with van der Waals surface area (Å²) in [4.78, 5) is 13.6. The van der Waals surface area contributed by atoms with E-state index < -0.39 is 0 Å². The van der Waals surface area contributed by atoms with Crippen molar-refractivity contribution >= 4 is 39.0 Å². The SMILES string of the molecule is CCc1cc2c(N3CCC(C)CC3)nc(Cl)nc2s1. The Labute approximate surface area is 122 Å². The molecule has 0 unspecified atom stereocenters. The van der Waals surface area contributed by atoms with Crippen LogP contribution in [-0.2, 0) is 6.42 Å². The molecule has 3 nitrogen and oxygen atoms in total. The van der Waals surface area contributed by atoms with E-state index in [0.29, 0.717) is 5.28 Å². The lowest BCUT2D eigenvalue weighted by molar-refractivity contribution is 0.437. The van der Waals surface area contributed by atoms with Gasteiger partial charge in [-0.25, -0.2) is 4.98 Å². The summed E-state index contributed by atoms with van der Waals surface area (Å²) >= 11 is 7.81. The van der Waals surface area contributed by atoms with Crippen LogP contribution in [0.15, 0.2) is 6.07 Å². The normalized spacial score (nSPS) is 17.3. The zero-order valence-electron chi connectivity index (χ0n) is 11.3. The molecule has 5 heteroatoms. The molecule has 0 saturated carbocycles. The van der Waals surface area contributed by atoms with Gasteiger partial charge < -0.3 is 4.90 Å². The summed E-state index contributed by atoms with van der Waals surface area (Å²) in [5.74, 6) is 1.84. The molecule has 0 bridgehead atoms. The fourth-order valence-electron chi connectivity index (χ4n) is 2.57. The van der Waals surface area contributed by atoms with E-state index in [4.69, 9.17) is 11.6 Å². The first-order chi connectivity index (χ1) is 9.17. The molecule has 0 amide bonds. The molecular formula is C14H18ClN3S. The number of thiophene rings is 1. The minimum Gasteiger partial charge on any atom is -0.356 e. The second-order valence-corrected chi connectivity index (χ2v) is 6.72. The van der Waals surface area contributed by atoms with E-state index in [1.165, 1.54) is 23.1 Å². The molecule has 1 saturated heterocycles. The number of rotatable bonds is 2. The molecule has 3 heterocycles. The minimum absolute atomic E-state index is 0.366. The van der Waals surface area contributed by atoms with Crippen molar-refractivity contribution in [2.45, 2.75) is 33.1 Å². The van der Waals surface area contributed by atoms with Crippen LogP contribution in [0.3, 0.4) is 0 Å². The quantitative estimate of drug-likeness (QED) is 0.780. The first kappa shape index (κ1) is 13.1. The Balaban J connectivity index is 2.03. The van der Waals surface area contributed by atoms with Crippen LogP contribution in [0, 0.1) is 5.92 Å². The second-order valence-electron chi connectivity index (χ2n) is 5.27. The maximum atomic E-state index is 6.08. The monoisotopic (exact) mass is 295 g/mol. The number of anilines is 1. The second kappa shape index (κ2) is 5.25. The van der Waals surface area contributed by atoms with Gasteiger partial charge in [0.1, 0.15) is 10.6 Å². The summed E-state index contributed by atoms with van der Waals surface area (Å²) in [6, 6.07) is 2.23. The summed E-state index contributed by atoms with van der Waals surface area (Å²) in [5, 5.41) is 1.53. The van der Waals surface area contributed by atoms with Gasteiger partial charge in [-0.15, -0.1) is 11.3 Å². The Bertz CT molecular complexity index is 588. The molecule has 2 aromatic rings. The van der Waals surface area contributed by atoms with E-state index in [-0.39, 0.29) is 0 Å². The zero-order chi connectivity index (χ0) is 13.4. The largest absolute Gasteiger partial charge is 0.356 e. The lowest BCUT2D eigenvalue weighted by Crippen LogP contribution is -2.33. The predicted molar refractivity (Wildman–Crippen MR) is 82.4 cm³/mol. The summed E-state index contributed by atoms with van der Waals surface area (Å²) in [7, 11) is 0. The molecule has 3 rings (SSSR count). The van der Waals surface area contributed by atoms with Crippen molar-refractivity contribution in [1.82, 2.24) is 9.97 Å². The molecule has 0 atom stereocenters. The van der Waals surface area contributed by atoms with Crippen molar-refractivity contribution in [3.8, 4) is 0 Å². The smallest absolute Gasteiger partial charge is 0.225 e. The Morgan fingerprint density at radius 1 is 1.37 bits per heavy atom. The molecule has 2 aromatic heterocycles. The first-order valence-electron chi connectivity index (χ1n) is 6.88. The Kier molecular flexibility index (Phi) is 3.63. The van der Waals surface area contributed by atoms with Gasteiger partial charge in [-0.05, 0) is 42.8 Å². The third-order valence-electron chi connectivity index (χ3n) is 3.83. The van der Waals surface area contributed by atoms with Gasteiger partial charge in [0.05, 0.1) is 5.39 Å². The van der Waals surface area contributed by atoms with E-state index >= 15 is 0 Å². The lowest BCUT2D eigenvalue weighted by Gasteiger charge is -2.31. The van der Waals surface area contributed by atoms with E-state index in [9.17, 15) is 0 Å². The standard InChI is InChI=1S/C14H18ClN3S/c1-3-10-8-11-12(16-14(15)17-13(11)19-10)18-6-4-9(2)5-7-18/h8-9H,3-7H2,1-2H3. The van der Waals surface area contributed by atoms with Crippen molar-refractivity contribution in [3.63, 3.8) is 0 Å². The van der Waals surface area contributed by atoms with Crippen molar-refractivity contribution in [1.29, 1.82) is 0 Å². The molecule has 0 aliphatic carbocycles. The fourth-order valence-corrected chi connectivity index (χ4v) is 3.74. The van der Waals surface area contributed by atoms with Gasteiger partial charge in [-0.1, -0.05) is 13.8 Å².